The predicted molar refractivity (Wildman–Crippen MR) is 78.5 cm³/mol. The summed E-state index contributed by atoms with van der Waals surface area (Å²) in [6.45, 7) is 3.44. The van der Waals surface area contributed by atoms with Crippen molar-refractivity contribution in [2.75, 3.05) is 6.61 Å². The maximum atomic E-state index is 13.9. The zero-order valence-corrected chi connectivity index (χ0v) is 14.3. The van der Waals surface area contributed by atoms with Crippen LogP contribution in [0.3, 0.4) is 0 Å². The monoisotopic (exact) mass is 434 g/mol. The van der Waals surface area contributed by atoms with Crippen LogP contribution in [0.5, 0.6) is 0 Å². The molecule has 2 heterocycles. The molecule has 2 saturated heterocycles. The molecule has 9 heteroatoms. The Labute approximate surface area is 133 Å². The van der Waals surface area contributed by atoms with Crippen LogP contribution in [-0.2, 0) is 9.53 Å². The van der Waals surface area contributed by atoms with E-state index in [4.69, 9.17) is 4.74 Å². The number of alkyl halides is 4. The van der Waals surface area contributed by atoms with Gasteiger partial charge in [0.25, 0.3) is 0 Å². The molecule has 4 rings (SSSR count). The Kier molecular flexibility index (Phi) is 2.87. The Morgan fingerprint density at radius 3 is 2.41 bits per heavy atom. The van der Waals surface area contributed by atoms with E-state index in [9.17, 15) is 23.1 Å². The Hall–Kier alpha value is -0.130. The van der Waals surface area contributed by atoms with Crippen molar-refractivity contribution in [3.05, 3.63) is 0 Å². The molecule has 2 saturated carbocycles. The molecule has 4 atom stereocenters. The molecule has 0 aromatic carbocycles. The van der Waals surface area contributed by atoms with Gasteiger partial charge in [0, 0.05) is 0 Å². The molecule has 2 aliphatic carbocycles. The average Bonchev–Trinajstić information content (AvgIpc) is 3.21. The molecule has 4 fully saturated rings. The normalized spacial score (nSPS) is 44.6. The standard InChI is InChI=1S/C13H18F3IN2O3/c1-10(2,13-17(18-13)19-13)9(20)22-5-6-3-7-4-8(6)12(16,21)11(7,14)15/h6-8,18-19,21H,3-5H2,1-2H3. The number of hydrogen-bond donors (Lipinski definition) is 3. The van der Waals surface area contributed by atoms with Crippen molar-refractivity contribution in [3.63, 3.8) is 0 Å². The van der Waals surface area contributed by atoms with Gasteiger partial charge in [-0.2, -0.15) is 0 Å². The first kappa shape index (κ1) is 15.4. The molecule has 0 aromatic heterocycles. The minimum absolute atomic E-state index is 0.0610. The van der Waals surface area contributed by atoms with E-state index in [0.717, 1.165) is 0 Å². The number of carbonyl (C=O) groups is 1. The van der Waals surface area contributed by atoms with Crippen molar-refractivity contribution in [1.82, 2.24) is 7.06 Å². The summed E-state index contributed by atoms with van der Waals surface area (Å²) in [6.07, 6.45) is 0.0201. The fourth-order valence-electron chi connectivity index (χ4n) is 3.81. The molecule has 3 N–H and O–H groups in total. The third kappa shape index (κ3) is 1.68. The third-order valence-corrected chi connectivity index (χ3v) is 10.8. The van der Waals surface area contributed by atoms with E-state index in [1.807, 2.05) is 0 Å². The second-order valence-corrected chi connectivity index (χ2v) is 11.5. The number of rotatable bonds is 4. The number of halogens is 4. The summed E-state index contributed by atoms with van der Waals surface area (Å²) >= 11 is -1.30. The van der Waals surface area contributed by atoms with Crippen LogP contribution in [0.25, 0.3) is 0 Å². The molecular formula is C13H18F3IN2O3. The van der Waals surface area contributed by atoms with Gasteiger partial charge in [0.05, 0.1) is 0 Å². The first-order chi connectivity index (χ1) is 10.0. The van der Waals surface area contributed by atoms with Crippen molar-refractivity contribution < 1.29 is 27.8 Å². The van der Waals surface area contributed by atoms with E-state index in [0.29, 0.717) is 0 Å². The molecule has 0 spiro atoms. The Morgan fingerprint density at radius 2 is 1.95 bits per heavy atom. The van der Waals surface area contributed by atoms with Crippen LogP contribution in [-0.4, -0.2) is 33.1 Å². The number of ether oxygens (including phenoxy) is 1. The summed E-state index contributed by atoms with van der Waals surface area (Å²) in [5, 5.41) is 9.48. The molecule has 126 valence electrons. The van der Waals surface area contributed by atoms with Gasteiger partial charge in [0.1, 0.15) is 0 Å². The van der Waals surface area contributed by atoms with E-state index in [2.05, 4.69) is 7.06 Å². The fraction of sp³-hybridized carbons (Fsp3) is 0.923. The van der Waals surface area contributed by atoms with Crippen LogP contribution < -0.4 is 7.06 Å². The number of aliphatic hydroxyl groups is 1. The Bertz CT molecular complexity index is 551. The summed E-state index contributed by atoms with van der Waals surface area (Å²) < 4.78 is 52.7. The number of hydrogen-bond acceptors (Lipinski definition) is 5. The summed E-state index contributed by atoms with van der Waals surface area (Å²) in [5.41, 5.74) is -0.717. The van der Waals surface area contributed by atoms with Crippen molar-refractivity contribution in [1.29, 1.82) is 0 Å². The van der Waals surface area contributed by atoms with E-state index in [1.54, 1.807) is 13.8 Å². The second kappa shape index (κ2) is 4.09. The molecule has 4 unspecified atom stereocenters. The van der Waals surface area contributed by atoms with E-state index in [-0.39, 0.29) is 23.1 Å². The first-order valence-corrected chi connectivity index (χ1v) is 10.5. The summed E-state index contributed by atoms with van der Waals surface area (Å²) in [4.78, 5) is 12.2. The van der Waals surface area contributed by atoms with E-state index < -0.39 is 61.3 Å². The van der Waals surface area contributed by atoms with Crippen LogP contribution in [0, 0.1) is 23.2 Å². The van der Waals surface area contributed by atoms with Gasteiger partial charge in [0.15, 0.2) is 0 Å². The molecular weight excluding hydrogens is 416 g/mol. The second-order valence-electron chi connectivity index (χ2n) is 7.19. The van der Waals surface area contributed by atoms with Gasteiger partial charge in [-0.25, -0.2) is 0 Å². The van der Waals surface area contributed by atoms with Crippen LogP contribution in [0.1, 0.15) is 26.7 Å². The minimum atomic E-state index is -3.70. The Balaban J connectivity index is 1.39. The number of nitrogens with one attached hydrogen (secondary N) is 2. The van der Waals surface area contributed by atoms with Gasteiger partial charge in [-0.05, 0) is 0 Å². The molecule has 2 aliphatic heterocycles. The fourth-order valence-corrected chi connectivity index (χ4v) is 9.38. The Morgan fingerprint density at radius 1 is 1.36 bits per heavy atom. The average molecular weight is 434 g/mol. The summed E-state index contributed by atoms with van der Waals surface area (Å²) in [5.74, 6) is -10.5. The zero-order chi connectivity index (χ0) is 16.1. The van der Waals surface area contributed by atoms with Crippen LogP contribution in [0.4, 0.5) is 13.2 Å². The van der Waals surface area contributed by atoms with Gasteiger partial charge >= 0.3 is 133 Å². The van der Waals surface area contributed by atoms with Crippen molar-refractivity contribution in [3.8, 4) is 0 Å². The van der Waals surface area contributed by atoms with Gasteiger partial charge in [-0.15, -0.1) is 0 Å². The first-order valence-electron chi connectivity index (χ1n) is 7.26. The number of esters is 1. The van der Waals surface area contributed by atoms with Crippen molar-refractivity contribution in [2.45, 2.75) is 42.1 Å². The predicted octanol–water partition coefficient (Wildman–Crippen LogP) is 1.70. The molecule has 0 aromatic rings. The quantitative estimate of drug-likeness (QED) is 0.157. The van der Waals surface area contributed by atoms with Crippen LogP contribution in [0.15, 0.2) is 0 Å². The van der Waals surface area contributed by atoms with Crippen LogP contribution >= 0.6 is 20.4 Å². The van der Waals surface area contributed by atoms with Crippen LogP contribution in [0.2, 0.25) is 0 Å². The maximum absolute atomic E-state index is 13.9. The number of fused-ring (bicyclic) bond motifs is 3. The van der Waals surface area contributed by atoms with Gasteiger partial charge in [-0.1, -0.05) is 0 Å². The van der Waals surface area contributed by atoms with E-state index in [1.165, 1.54) is 0 Å². The molecule has 22 heavy (non-hydrogen) atoms. The van der Waals surface area contributed by atoms with Gasteiger partial charge in [-0.3, -0.25) is 0 Å². The summed E-state index contributed by atoms with van der Waals surface area (Å²) in [7, 11) is 0. The SMILES string of the molecule is CC(C)(C(=O)OCC1CC2CC1C(O)(F)C2(F)F)C12NI1N2. The van der Waals surface area contributed by atoms with E-state index >= 15 is 0 Å². The molecule has 2 bridgehead atoms. The molecule has 4 aliphatic rings. The molecule has 5 nitrogen and oxygen atoms in total. The zero-order valence-electron chi connectivity index (χ0n) is 12.1. The molecule has 0 radical (unpaired) electrons. The van der Waals surface area contributed by atoms with Crippen molar-refractivity contribution >= 4 is 26.3 Å². The van der Waals surface area contributed by atoms with Crippen molar-refractivity contribution in [2.24, 2.45) is 23.2 Å². The number of carbonyl (C=O) groups excluding carboxylic acids is 1. The topological polar surface area (TPSA) is 90.4 Å². The third-order valence-electron chi connectivity index (χ3n) is 5.63. The van der Waals surface area contributed by atoms with Gasteiger partial charge in [0.2, 0.25) is 0 Å². The molecule has 0 amide bonds. The van der Waals surface area contributed by atoms with Gasteiger partial charge < -0.3 is 0 Å². The summed E-state index contributed by atoms with van der Waals surface area (Å²) in [6, 6.07) is 0.